The molecule has 180 valence electrons. The molecule has 3 atom stereocenters. The lowest BCUT2D eigenvalue weighted by atomic mass is 9.52. The summed E-state index contributed by atoms with van der Waals surface area (Å²) in [5.74, 6) is -1.12. The Morgan fingerprint density at radius 1 is 1.15 bits per heavy atom. The number of carbonyl (C=O) groups excluding carboxylic acids is 1. The predicted molar refractivity (Wildman–Crippen MR) is 125 cm³/mol. The van der Waals surface area contributed by atoms with E-state index in [1.165, 1.54) is 30.4 Å². The lowest BCUT2D eigenvalue weighted by Gasteiger charge is -2.58. The molecule has 2 fully saturated rings. The van der Waals surface area contributed by atoms with E-state index in [1.54, 1.807) is 36.4 Å². The van der Waals surface area contributed by atoms with Gasteiger partial charge in [-0.05, 0) is 80.1 Å². The number of anilines is 1. The SMILES string of the molecule is CN1CC[C@]23CCCC[C@H]2[C@H]1Cc1ccc(NC(=O)C(=Cc2ccccc2)OC(F)(F)F)cc13. The number of benzene rings is 2. The lowest BCUT2D eigenvalue weighted by Crippen LogP contribution is -2.59. The van der Waals surface area contributed by atoms with E-state index in [4.69, 9.17) is 0 Å². The molecule has 1 saturated heterocycles. The number of likely N-dealkylation sites (tertiary alicyclic amines) is 1. The van der Waals surface area contributed by atoms with Crippen molar-refractivity contribution >= 4 is 17.7 Å². The van der Waals surface area contributed by atoms with Gasteiger partial charge in [0.15, 0.2) is 5.76 Å². The standard InChI is InChI=1S/C27H29F3N2O2/c1-32-14-13-26-12-6-5-9-21(26)23(32)16-19-10-11-20(17-22(19)26)31-25(33)24(34-27(28,29)30)15-18-7-3-2-4-8-18/h2-4,7-8,10-11,15,17,21,23H,5-6,9,12-14,16H2,1H3,(H,31,33)/t21-,23+,26+/m0/s1. The third-order valence-corrected chi connectivity index (χ3v) is 7.92. The number of amides is 1. The topological polar surface area (TPSA) is 41.6 Å². The fraction of sp³-hybridized carbons (Fsp3) is 0.444. The van der Waals surface area contributed by atoms with Gasteiger partial charge >= 0.3 is 6.36 Å². The van der Waals surface area contributed by atoms with E-state index in [0.717, 1.165) is 31.9 Å². The van der Waals surface area contributed by atoms with Gasteiger partial charge in [-0.1, -0.05) is 49.2 Å². The number of fused-ring (bicyclic) bond motifs is 1. The first-order valence-corrected chi connectivity index (χ1v) is 11.9. The first-order valence-electron chi connectivity index (χ1n) is 11.9. The number of hydrogen-bond acceptors (Lipinski definition) is 3. The smallest absolute Gasteiger partial charge is 0.400 e. The molecule has 1 heterocycles. The second-order valence-corrected chi connectivity index (χ2v) is 9.80. The van der Waals surface area contributed by atoms with Gasteiger partial charge in [0, 0.05) is 17.1 Å². The Labute approximate surface area is 197 Å². The number of piperidine rings is 1. The number of nitrogens with one attached hydrogen (secondary N) is 1. The van der Waals surface area contributed by atoms with E-state index in [1.807, 2.05) is 12.1 Å². The lowest BCUT2D eigenvalue weighted by molar-refractivity contribution is -0.303. The number of nitrogens with zero attached hydrogens (tertiary/aromatic N) is 1. The number of halogens is 3. The summed E-state index contributed by atoms with van der Waals surface area (Å²) in [4.78, 5) is 15.4. The first-order chi connectivity index (χ1) is 16.2. The molecule has 1 aliphatic heterocycles. The molecule has 2 aromatic rings. The van der Waals surface area contributed by atoms with Gasteiger partial charge in [0.1, 0.15) is 0 Å². The molecule has 4 nitrogen and oxygen atoms in total. The molecule has 0 spiro atoms. The maximum absolute atomic E-state index is 13.0. The summed E-state index contributed by atoms with van der Waals surface area (Å²) in [5.41, 5.74) is 3.60. The van der Waals surface area contributed by atoms with Gasteiger partial charge in [0.05, 0.1) is 0 Å². The summed E-state index contributed by atoms with van der Waals surface area (Å²) in [6.45, 7) is 1.04. The minimum atomic E-state index is -4.97. The fourth-order valence-electron chi connectivity index (χ4n) is 6.43. The molecule has 5 rings (SSSR count). The summed E-state index contributed by atoms with van der Waals surface area (Å²) >= 11 is 0. The van der Waals surface area contributed by atoms with E-state index in [0.29, 0.717) is 23.2 Å². The van der Waals surface area contributed by atoms with Crippen LogP contribution in [0.3, 0.4) is 0 Å². The summed E-state index contributed by atoms with van der Waals surface area (Å²) in [6.07, 6.45) is 2.95. The summed E-state index contributed by atoms with van der Waals surface area (Å²) in [7, 11) is 2.21. The molecule has 34 heavy (non-hydrogen) atoms. The van der Waals surface area contributed by atoms with Crippen LogP contribution in [0.4, 0.5) is 18.9 Å². The molecule has 2 bridgehead atoms. The Bertz CT molecular complexity index is 1100. The minimum Gasteiger partial charge on any atom is -0.400 e. The Balaban J connectivity index is 1.45. The molecule has 1 saturated carbocycles. The zero-order valence-electron chi connectivity index (χ0n) is 19.2. The Morgan fingerprint density at radius 3 is 2.71 bits per heavy atom. The van der Waals surface area contributed by atoms with Gasteiger partial charge in [-0.2, -0.15) is 0 Å². The van der Waals surface area contributed by atoms with Crippen molar-refractivity contribution in [3.05, 3.63) is 71.0 Å². The van der Waals surface area contributed by atoms with Crippen molar-refractivity contribution < 1.29 is 22.7 Å². The van der Waals surface area contributed by atoms with Crippen LogP contribution in [0.5, 0.6) is 0 Å². The average molecular weight is 471 g/mol. The van der Waals surface area contributed by atoms with Crippen LogP contribution in [0.15, 0.2) is 54.3 Å². The maximum Gasteiger partial charge on any atom is 0.573 e. The molecule has 0 aromatic heterocycles. The van der Waals surface area contributed by atoms with Crippen molar-refractivity contribution in [3.8, 4) is 0 Å². The zero-order chi connectivity index (χ0) is 23.9. The Kier molecular flexibility index (Phi) is 5.92. The van der Waals surface area contributed by atoms with E-state index >= 15 is 0 Å². The van der Waals surface area contributed by atoms with Gasteiger partial charge in [0.2, 0.25) is 0 Å². The van der Waals surface area contributed by atoms with Crippen LogP contribution >= 0.6 is 0 Å². The van der Waals surface area contributed by atoms with Crippen LogP contribution in [0.25, 0.3) is 6.08 Å². The van der Waals surface area contributed by atoms with Crippen LogP contribution in [-0.4, -0.2) is 36.8 Å². The van der Waals surface area contributed by atoms with Crippen molar-refractivity contribution in [3.63, 3.8) is 0 Å². The van der Waals surface area contributed by atoms with Crippen molar-refractivity contribution in [1.82, 2.24) is 4.90 Å². The third-order valence-electron chi connectivity index (χ3n) is 7.92. The van der Waals surface area contributed by atoms with Gasteiger partial charge in [-0.3, -0.25) is 4.79 Å². The molecule has 0 radical (unpaired) electrons. The maximum atomic E-state index is 13.0. The molecule has 7 heteroatoms. The van der Waals surface area contributed by atoms with Gasteiger partial charge < -0.3 is 15.0 Å². The molecule has 3 aliphatic rings. The van der Waals surface area contributed by atoms with Crippen LogP contribution in [0.1, 0.15) is 48.8 Å². The largest absolute Gasteiger partial charge is 0.573 e. The van der Waals surface area contributed by atoms with Gasteiger partial charge in [0.25, 0.3) is 5.91 Å². The summed E-state index contributed by atoms with van der Waals surface area (Å²) < 4.78 is 43.2. The highest BCUT2D eigenvalue weighted by molar-refractivity contribution is 6.05. The first kappa shape index (κ1) is 23.0. The molecular weight excluding hydrogens is 441 g/mol. The quantitative estimate of drug-likeness (QED) is 0.448. The number of carbonyl (C=O) groups is 1. The van der Waals surface area contributed by atoms with Gasteiger partial charge in [-0.25, -0.2) is 0 Å². The van der Waals surface area contributed by atoms with Crippen LogP contribution < -0.4 is 5.32 Å². The van der Waals surface area contributed by atoms with E-state index in [-0.39, 0.29) is 5.41 Å². The van der Waals surface area contributed by atoms with Crippen LogP contribution in [0.2, 0.25) is 0 Å². The number of likely N-dealkylation sites (N-methyl/N-ethyl adjacent to an activating group) is 1. The highest BCUT2D eigenvalue weighted by Gasteiger charge is 2.53. The highest BCUT2D eigenvalue weighted by atomic mass is 19.4. The molecule has 2 aromatic carbocycles. The summed E-state index contributed by atoms with van der Waals surface area (Å²) in [6, 6.07) is 14.7. The van der Waals surface area contributed by atoms with Crippen molar-refractivity contribution in [2.75, 3.05) is 18.9 Å². The van der Waals surface area contributed by atoms with Crippen molar-refractivity contribution in [1.29, 1.82) is 0 Å². The molecular formula is C27H29F3N2O2. The number of rotatable bonds is 4. The fourth-order valence-corrected chi connectivity index (χ4v) is 6.43. The third kappa shape index (κ3) is 4.33. The molecule has 2 aliphatic carbocycles. The number of ether oxygens (including phenoxy) is 1. The van der Waals surface area contributed by atoms with Gasteiger partial charge in [-0.15, -0.1) is 13.2 Å². The highest BCUT2D eigenvalue weighted by Crippen LogP contribution is 2.55. The normalized spacial score (nSPS) is 26.9. The molecule has 1 amide bonds. The Morgan fingerprint density at radius 2 is 1.94 bits per heavy atom. The predicted octanol–water partition coefficient (Wildman–Crippen LogP) is 5.89. The van der Waals surface area contributed by atoms with E-state index in [9.17, 15) is 18.0 Å². The number of hydrogen-bond donors (Lipinski definition) is 1. The number of alkyl halides is 3. The second-order valence-electron chi connectivity index (χ2n) is 9.80. The zero-order valence-corrected chi connectivity index (χ0v) is 19.2. The van der Waals surface area contributed by atoms with Crippen molar-refractivity contribution in [2.24, 2.45) is 5.92 Å². The monoisotopic (exact) mass is 470 g/mol. The average Bonchev–Trinajstić information content (AvgIpc) is 2.81. The Hall–Kier alpha value is -2.80. The van der Waals surface area contributed by atoms with E-state index in [2.05, 4.69) is 22.0 Å². The van der Waals surface area contributed by atoms with E-state index < -0.39 is 18.0 Å². The second kappa shape index (κ2) is 8.77. The van der Waals surface area contributed by atoms with Crippen LogP contribution in [-0.2, 0) is 21.4 Å². The minimum absolute atomic E-state index is 0.0922. The molecule has 0 unspecified atom stereocenters. The summed E-state index contributed by atoms with van der Waals surface area (Å²) in [5, 5.41) is 2.67. The van der Waals surface area contributed by atoms with Crippen molar-refractivity contribution in [2.45, 2.75) is 56.3 Å². The van der Waals surface area contributed by atoms with Crippen LogP contribution in [0, 0.1) is 5.92 Å². The molecule has 1 N–H and O–H groups in total.